The molecular formula is C58H44N6. The van der Waals surface area contributed by atoms with Crippen molar-refractivity contribution in [2.24, 2.45) is 4.99 Å². The summed E-state index contributed by atoms with van der Waals surface area (Å²) in [6.45, 7) is 0.657. The van der Waals surface area contributed by atoms with Crippen molar-refractivity contribution in [2.75, 3.05) is 7.05 Å². The van der Waals surface area contributed by atoms with Crippen molar-refractivity contribution < 1.29 is 0 Å². The van der Waals surface area contributed by atoms with Crippen LogP contribution in [0.15, 0.2) is 224 Å². The Morgan fingerprint density at radius 2 is 1.09 bits per heavy atom. The van der Waals surface area contributed by atoms with Crippen molar-refractivity contribution >= 4 is 49.3 Å². The third-order valence-electron chi connectivity index (χ3n) is 12.2. The Labute approximate surface area is 372 Å². The van der Waals surface area contributed by atoms with E-state index in [1.54, 1.807) is 0 Å². The highest BCUT2D eigenvalue weighted by Gasteiger charge is 2.22. The standard InChI is InChI=1S/C58H44N6/c1-59-56(45-17-6-3-7-18-45)63-57(61-38-39-25-27-41(28-26-39)40-14-4-2-5-15-40)46-33-29-42(30-34-46)43-31-35-47(36-32-43)58-62-54-51-23-13-37-60-53(51)49-21-10-11-22-50(49)55(54)64(58)52-24-12-19-44-16-8-9-20-48(44)52/h2-37,57,61H,38H2,1H3,(H,59,63). The van der Waals surface area contributed by atoms with E-state index >= 15 is 0 Å². The molecule has 2 N–H and O–H groups in total. The van der Waals surface area contributed by atoms with Gasteiger partial charge < -0.3 is 5.32 Å². The quantitative estimate of drug-likeness (QED) is 0.0819. The number of rotatable bonds is 10. The van der Waals surface area contributed by atoms with Gasteiger partial charge in [0.2, 0.25) is 0 Å². The van der Waals surface area contributed by atoms with Gasteiger partial charge in [0, 0.05) is 52.5 Å². The van der Waals surface area contributed by atoms with Gasteiger partial charge in [0.25, 0.3) is 0 Å². The first-order valence-corrected chi connectivity index (χ1v) is 21.8. The highest BCUT2D eigenvalue weighted by Crippen LogP contribution is 2.40. The van der Waals surface area contributed by atoms with Crippen molar-refractivity contribution in [1.82, 2.24) is 25.2 Å². The Morgan fingerprint density at radius 3 is 1.83 bits per heavy atom. The normalized spacial score (nSPS) is 12.3. The zero-order valence-electron chi connectivity index (χ0n) is 35.4. The number of hydrogen-bond acceptors (Lipinski definition) is 4. The van der Waals surface area contributed by atoms with E-state index in [2.05, 4.69) is 197 Å². The molecule has 6 nitrogen and oxygen atoms in total. The predicted octanol–water partition coefficient (Wildman–Crippen LogP) is 13.3. The van der Waals surface area contributed by atoms with Gasteiger partial charge in [0.1, 0.15) is 17.8 Å². The van der Waals surface area contributed by atoms with Gasteiger partial charge in [0.05, 0.1) is 22.2 Å². The molecule has 1 atom stereocenters. The minimum Gasteiger partial charge on any atom is -0.373 e. The first kappa shape index (κ1) is 38.7. The molecule has 1 unspecified atom stereocenters. The number of pyridine rings is 1. The lowest BCUT2D eigenvalue weighted by Gasteiger charge is -2.19. The molecule has 0 saturated heterocycles. The lowest BCUT2D eigenvalue weighted by atomic mass is 10.0. The lowest BCUT2D eigenvalue weighted by molar-refractivity contribution is 0.553. The molecule has 0 bridgehead atoms. The van der Waals surface area contributed by atoms with E-state index in [1.807, 2.05) is 43.6 Å². The molecular weight excluding hydrogens is 781 g/mol. The zero-order chi connectivity index (χ0) is 42.8. The Kier molecular flexibility index (Phi) is 10.2. The van der Waals surface area contributed by atoms with Crippen LogP contribution in [0.1, 0.15) is 22.9 Å². The predicted molar refractivity (Wildman–Crippen MR) is 266 cm³/mol. The number of imidazole rings is 1. The van der Waals surface area contributed by atoms with Crippen LogP contribution in [0, 0.1) is 0 Å². The van der Waals surface area contributed by atoms with Crippen LogP contribution in [0.4, 0.5) is 0 Å². The van der Waals surface area contributed by atoms with E-state index in [0.717, 1.165) is 77.9 Å². The van der Waals surface area contributed by atoms with E-state index in [9.17, 15) is 0 Å². The molecule has 6 heteroatoms. The van der Waals surface area contributed by atoms with Crippen LogP contribution in [0.3, 0.4) is 0 Å². The average Bonchev–Trinajstić information content (AvgIpc) is 3.78. The minimum absolute atomic E-state index is 0.294. The fraction of sp³-hybridized carbons (Fsp3) is 0.0517. The number of nitrogens with zero attached hydrogens (tertiary/aromatic N) is 4. The summed E-state index contributed by atoms with van der Waals surface area (Å²) in [5, 5.41) is 12.7. The largest absolute Gasteiger partial charge is 0.373 e. The number of amidine groups is 1. The second kappa shape index (κ2) is 16.9. The molecule has 306 valence electrons. The van der Waals surface area contributed by atoms with Gasteiger partial charge in [-0.1, -0.05) is 194 Å². The summed E-state index contributed by atoms with van der Waals surface area (Å²) in [5.41, 5.74) is 13.0. The van der Waals surface area contributed by atoms with Crippen LogP contribution < -0.4 is 10.6 Å². The molecule has 0 aliphatic heterocycles. The van der Waals surface area contributed by atoms with Gasteiger partial charge in [-0.3, -0.25) is 14.9 Å². The first-order valence-electron chi connectivity index (χ1n) is 21.8. The van der Waals surface area contributed by atoms with Gasteiger partial charge in [-0.05, 0) is 57.0 Å². The maximum Gasteiger partial charge on any atom is 0.145 e. The molecule has 0 aliphatic rings. The van der Waals surface area contributed by atoms with Crippen molar-refractivity contribution in [3.63, 3.8) is 0 Å². The number of hydrogen-bond donors (Lipinski definition) is 2. The average molecular weight is 825 g/mol. The summed E-state index contributed by atoms with van der Waals surface area (Å²) < 4.78 is 2.36. The van der Waals surface area contributed by atoms with Crippen molar-refractivity contribution in [3.05, 3.63) is 235 Å². The van der Waals surface area contributed by atoms with E-state index in [4.69, 9.17) is 15.0 Å². The third kappa shape index (κ3) is 7.26. The van der Waals surface area contributed by atoms with E-state index in [1.165, 1.54) is 27.5 Å². The maximum absolute atomic E-state index is 5.49. The zero-order valence-corrected chi connectivity index (χ0v) is 35.4. The van der Waals surface area contributed by atoms with Crippen molar-refractivity contribution in [3.8, 4) is 39.3 Å². The molecule has 11 rings (SSSR count). The summed E-state index contributed by atoms with van der Waals surface area (Å²) in [6, 6.07) is 74.9. The Morgan fingerprint density at radius 1 is 0.516 bits per heavy atom. The van der Waals surface area contributed by atoms with E-state index in [-0.39, 0.29) is 6.17 Å². The number of nitrogens with one attached hydrogen (secondary N) is 2. The highest BCUT2D eigenvalue weighted by molar-refractivity contribution is 6.23. The van der Waals surface area contributed by atoms with Gasteiger partial charge >= 0.3 is 0 Å². The fourth-order valence-electron chi connectivity index (χ4n) is 8.97. The Bertz CT molecular complexity index is 3440. The molecule has 11 aromatic rings. The van der Waals surface area contributed by atoms with Crippen LogP contribution >= 0.6 is 0 Å². The number of aromatic nitrogens is 3. The molecule has 0 radical (unpaired) electrons. The number of benzene rings is 9. The third-order valence-corrected chi connectivity index (χ3v) is 12.2. The van der Waals surface area contributed by atoms with Crippen LogP contribution in [-0.2, 0) is 6.54 Å². The molecule has 2 heterocycles. The van der Waals surface area contributed by atoms with Crippen LogP contribution in [0.25, 0.3) is 82.8 Å². The molecule has 0 saturated carbocycles. The van der Waals surface area contributed by atoms with Gasteiger partial charge in [-0.25, -0.2) is 9.98 Å². The SMILES string of the molecule is CN/C(=N\C(NCc1ccc(-c2ccccc2)cc1)c1ccc(-c2ccc(-c3nc4c5cccnc5c5ccccc5c4n3-c3cccc4ccccc34)cc2)cc1)c1ccccc1. The monoisotopic (exact) mass is 824 g/mol. The number of aliphatic imine (C=N–C) groups is 1. The summed E-state index contributed by atoms with van der Waals surface area (Å²) in [6.07, 6.45) is 1.58. The van der Waals surface area contributed by atoms with Gasteiger partial charge in [0.15, 0.2) is 0 Å². The van der Waals surface area contributed by atoms with E-state index < -0.39 is 0 Å². The lowest BCUT2D eigenvalue weighted by Crippen LogP contribution is -2.26. The second-order valence-electron chi connectivity index (χ2n) is 16.1. The van der Waals surface area contributed by atoms with Crippen molar-refractivity contribution in [1.29, 1.82) is 0 Å². The summed E-state index contributed by atoms with van der Waals surface area (Å²) in [4.78, 5) is 15.6. The smallest absolute Gasteiger partial charge is 0.145 e. The van der Waals surface area contributed by atoms with E-state index in [0.29, 0.717) is 6.54 Å². The molecule has 2 aromatic heterocycles. The Hall–Kier alpha value is -8.19. The molecule has 0 fully saturated rings. The van der Waals surface area contributed by atoms with Crippen LogP contribution in [0.2, 0.25) is 0 Å². The first-order chi connectivity index (χ1) is 31.7. The summed E-state index contributed by atoms with van der Waals surface area (Å²) >= 11 is 0. The van der Waals surface area contributed by atoms with Gasteiger partial charge in [-0.2, -0.15) is 0 Å². The highest BCUT2D eigenvalue weighted by atomic mass is 15.1. The molecule has 0 spiro atoms. The van der Waals surface area contributed by atoms with Crippen molar-refractivity contribution in [2.45, 2.75) is 12.7 Å². The summed E-state index contributed by atoms with van der Waals surface area (Å²) in [5.74, 6) is 1.71. The summed E-state index contributed by atoms with van der Waals surface area (Å²) in [7, 11) is 1.93. The fourth-order valence-corrected chi connectivity index (χ4v) is 8.97. The molecule has 9 aromatic carbocycles. The maximum atomic E-state index is 5.49. The molecule has 0 amide bonds. The topological polar surface area (TPSA) is 67.1 Å². The molecule has 64 heavy (non-hydrogen) atoms. The number of fused-ring (bicyclic) bond motifs is 7. The molecule has 0 aliphatic carbocycles. The Balaban J connectivity index is 0.950. The van der Waals surface area contributed by atoms with Gasteiger partial charge in [-0.15, -0.1) is 0 Å². The van der Waals surface area contributed by atoms with Crippen LogP contribution in [-0.4, -0.2) is 27.4 Å². The van der Waals surface area contributed by atoms with Crippen LogP contribution in [0.5, 0.6) is 0 Å². The minimum atomic E-state index is -0.294. The second-order valence-corrected chi connectivity index (χ2v) is 16.1.